The summed E-state index contributed by atoms with van der Waals surface area (Å²) >= 11 is 6.57. The molecule has 1 heterocycles. The fourth-order valence-corrected chi connectivity index (χ4v) is 5.43. The summed E-state index contributed by atoms with van der Waals surface area (Å²) in [5.41, 5.74) is 1.96. The van der Waals surface area contributed by atoms with Crippen molar-refractivity contribution in [1.29, 1.82) is 0 Å². The van der Waals surface area contributed by atoms with Crippen molar-refractivity contribution in [1.82, 2.24) is 9.78 Å². The van der Waals surface area contributed by atoms with Gasteiger partial charge in [0.15, 0.2) is 22.2 Å². The molecule has 178 valence electrons. The number of rotatable bonds is 9. The number of ketones is 2. The van der Waals surface area contributed by atoms with Gasteiger partial charge in [-0.15, -0.1) is 0 Å². The van der Waals surface area contributed by atoms with E-state index < -0.39 is 15.6 Å². The molecule has 34 heavy (non-hydrogen) atoms. The summed E-state index contributed by atoms with van der Waals surface area (Å²) < 4.78 is 31.7. The van der Waals surface area contributed by atoms with Gasteiger partial charge in [0, 0.05) is 30.3 Å². The maximum Gasteiger partial charge on any atom is 0.223 e. The van der Waals surface area contributed by atoms with Crippen molar-refractivity contribution in [3.8, 4) is 5.88 Å². The van der Waals surface area contributed by atoms with Crippen LogP contribution in [0.15, 0.2) is 47.4 Å². The van der Waals surface area contributed by atoms with Crippen LogP contribution in [-0.4, -0.2) is 42.6 Å². The highest BCUT2D eigenvalue weighted by Gasteiger charge is 2.36. The van der Waals surface area contributed by atoms with Crippen LogP contribution in [0.1, 0.15) is 63.2 Å². The molecular weight excluding hydrogens is 476 g/mol. The third-order valence-corrected chi connectivity index (χ3v) is 7.46. The number of benzene rings is 2. The van der Waals surface area contributed by atoms with Crippen molar-refractivity contribution in [3.05, 3.63) is 75.4 Å². The SMILES string of the molecule is CCc1c(S(C)(=O)=O)ccc(C(=O)c2c(C3CC3)nn(C)c2OCC(=O)c2ccccc2)c1Cl. The van der Waals surface area contributed by atoms with Crippen LogP contribution in [0.5, 0.6) is 5.88 Å². The predicted octanol–water partition coefficient (Wildman–Crippen LogP) is 4.41. The molecule has 2 aromatic carbocycles. The highest BCUT2D eigenvalue weighted by molar-refractivity contribution is 7.90. The number of ether oxygens (including phenoxy) is 1. The van der Waals surface area contributed by atoms with E-state index in [4.69, 9.17) is 16.3 Å². The molecule has 0 atom stereocenters. The molecule has 1 fully saturated rings. The van der Waals surface area contributed by atoms with E-state index in [2.05, 4.69) is 5.10 Å². The lowest BCUT2D eigenvalue weighted by Gasteiger charge is -2.13. The van der Waals surface area contributed by atoms with Crippen LogP contribution in [0.2, 0.25) is 5.02 Å². The van der Waals surface area contributed by atoms with Crippen LogP contribution < -0.4 is 4.74 Å². The Bertz CT molecular complexity index is 1380. The van der Waals surface area contributed by atoms with E-state index >= 15 is 0 Å². The van der Waals surface area contributed by atoms with Gasteiger partial charge in [-0.2, -0.15) is 5.10 Å². The van der Waals surface area contributed by atoms with Crippen LogP contribution in [-0.2, 0) is 23.3 Å². The summed E-state index contributed by atoms with van der Waals surface area (Å²) in [6, 6.07) is 11.6. The highest BCUT2D eigenvalue weighted by atomic mass is 35.5. The standard InChI is InChI=1S/C25H25ClN2O5S/c1-4-17-20(34(3,31)32)13-12-18(22(17)26)24(30)21-23(16-10-11-16)27-28(2)25(21)33-14-19(29)15-8-6-5-7-9-15/h5-9,12-13,16H,4,10-11,14H2,1-3H3. The van der Waals surface area contributed by atoms with Crippen LogP contribution in [0, 0.1) is 0 Å². The second-order valence-corrected chi connectivity index (χ2v) is 10.8. The molecule has 0 amide bonds. The number of carbonyl (C=O) groups excluding carboxylic acids is 2. The van der Waals surface area contributed by atoms with Crippen molar-refractivity contribution in [2.75, 3.05) is 12.9 Å². The number of carbonyl (C=O) groups is 2. The quantitative estimate of drug-likeness (QED) is 0.404. The average molecular weight is 501 g/mol. The number of Topliss-reactive ketones (excluding diaryl/α,β-unsaturated/α-hetero) is 1. The Labute approximate surface area is 203 Å². The van der Waals surface area contributed by atoms with E-state index in [1.54, 1.807) is 38.2 Å². The molecule has 7 nitrogen and oxygen atoms in total. The maximum absolute atomic E-state index is 13.7. The lowest BCUT2D eigenvalue weighted by atomic mass is 9.98. The van der Waals surface area contributed by atoms with Gasteiger partial charge in [-0.3, -0.25) is 9.59 Å². The molecule has 1 saturated carbocycles. The van der Waals surface area contributed by atoms with E-state index in [9.17, 15) is 18.0 Å². The van der Waals surface area contributed by atoms with E-state index in [1.165, 1.54) is 16.8 Å². The Morgan fingerprint density at radius 2 is 1.82 bits per heavy atom. The number of halogens is 1. The van der Waals surface area contributed by atoms with Gasteiger partial charge < -0.3 is 4.74 Å². The summed E-state index contributed by atoms with van der Waals surface area (Å²) in [4.78, 5) is 26.4. The monoisotopic (exact) mass is 500 g/mol. The highest BCUT2D eigenvalue weighted by Crippen LogP contribution is 2.44. The minimum absolute atomic E-state index is 0.104. The van der Waals surface area contributed by atoms with Gasteiger partial charge in [0.25, 0.3) is 0 Å². The molecule has 1 aliphatic carbocycles. The number of aryl methyl sites for hydroxylation is 1. The second kappa shape index (κ2) is 9.35. The summed E-state index contributed by atoms with van der Waals surface area (Å²) in [6.45, 7) is 1.53. The Hall–Kier alpha value is -2.97. The van der Waals surface area contributed by atoms with E-state index in [0.717, 1.165) is 19.1 Å². The lowest BCUT2D eigenvalue weighted by Crippen LogP contribution is -2.15. The zero-order chi connectivity index (χ0) is 24.6. The van der Waals surface area contributed by atoms with Crippen molar-refractivity contribution in [2.45, 2.75) is 37.0 Å². The minimum Gasteiger partial charge on any atom is -0.469 e. The first-order valence-electron chi connectivity index (χ1n) is 11.0. The molecule has 0 spiro atoms. The Kier molecular flexibility index (Phi) is 6.64. The zero-order valence-corrected chi connectivity index (χ0v) is 20.7. The van der Waals surface area contributed by atoms with E-state index in [1.807, 2.05) is 6.07 Å². The van der Waals surface area contributed by atoms with Crippen molar-refractivity contribution in [2.24, 2.45) is 7.05 Å². The summed E-state index contributed by atoms with van der Waals surface area (Å²) in [5, 5.41) is 4.62. The molecule has 1 aromatic heterocycles. The number of hydrogen-bond acceptors (Lipinski definition) is 6. The predicted molar refractivity (Wildman–Crippen MR) is 129 cm³/mol. The lowest BCUT2D eigenvalue weighted by molar-refractivity contribution is 0.0908. The number of sulfone groups is 1. The molecular formula is C25H25ClN2O5S. The topological polar surface area (TPSA) is 95.3 Å². The molecule has 0 unspecified atom stereocenters. The van der Waals surface area contributed by atoms with Crippen molar-refractivity contribution < 1.29 is 22.7 Å². The van der Waals surface area contributed by atoms with Gasteiger partial charge in [-0.25, -0.2) is 13.1 Å². The largest absolute Gasteiger partial charge is 0.469 e. The van der Waals surface area contributed by atoms with Gasteiger partial charge >= 0.3 is 0 Å². The maximum atomic E-state index is 13.7. The van der Waals surface area contributed by atoms with Crippen molar-refractivity contribution in [3.63, 3.8) is 0 Å². The van der Waals surface area contributed by atoms with Gasteiger partial charge in [0.2, 0.25) is 11.7 Å². The first-order valence-corrected chi connectivity index (χ1v) is 13.2. The Morgan fingerprint density at radius 3 is 2.41 bits per heavy atom. The molecule has 0 N–H and O–H groups in total. The Balaban J connectivity index is 1.74. The number of nitrogens with zero attached hydrogens (tertiary/aromatic N) is 2. The van der Waals surface area contributed by atoms with Gasteiger partial charge in [-0.1, -0.05) is 48.9 Å². The number of hydrogen-bond donors (Lipinski definition) is 0. The third-order valence-electron chi connectivity index (χ3n) is 5.85. The number of aromatic nitrogens is 2. The molecule has 4 rings (SSSR count). The Morgan fingerprint density at radius 1 is 1.15 bits per heavy atom. The summed E-state index contributed by atoms with van der Waals surface area (Å²) in [7, 11) is -1.85. The zero-order valence-electron chi connectivity index (χ0n) is 19.2. The van der Waals surface area contributed by atoms with Gasteiger partial charge in [-0.05, 0) is 37.0 Å². The molecule has 0 aliphatic heterocycles. The van der Waals surface area contributed by atoms with E-state index in [-0.39, 0.29) is 45.2 Å². The molecule has 1 aliphatic rings. The normalized spacial score (nSPS) is 13.6. The molecule has 9 heteroatoms. The molecule has 0 bridgehead atoms. The smallest absolute Gasteiger partial charge is 0.223 e. The molecule has 0 saturated heterocycles. The van der Waals surface area contributed by atoms with Gasteiger partial charge in [0.05, 0.1) is 15.6 Å². The summed E-state index contributed by atoms with van der Waals surface area (Å²) in [6.07, 6.45) is 3.27. The van der Waals surface area contributed by atoms with Crippen LogP contribution in [0.4, 0.5) is 0 Å². The fraction of sp³-hybridized carbons (Fsp3) is 0.320. The van der Waals surface area contributed by atoms with Crippen LogP contribution >= 0.6 is 11.6 Å². The average Bonchev–Trinajstić information content (AvgIpc) is 3.60. The van der Waals surface area contributed by atoms with E-state index in [0.29, 0.717) is 23.2 Å². The minimum atomic E-state index is -3.51. The molecule has 0 radical (unpaired) electrons. The second-order valence-electron chi connectivity index (χ2n) is 8.40. The first kappa shape index (κ1) is 24.2. The summed E-state index contributed by atoms with van der Waals surface area (Å²) in [5.74, 6) is -0.307. The van der Waals surface area contributed by atoms with Crippen LogP contribution in [0.25, 0.3) is 0 Å². The van der Waals surface area contributed by atoms with Gasteiger partial charge in [0.1, 0.15) is 5.56 Å². The first-order chi connectivity index (χ1) is 16.1. The fourth-order valence-electron chi connectivity index (χ4n) is 3.98. The van der Waals surface area contributed by atoms with Crippen molar-refractivity contribution >= 4 is 33.0 Å². The third kappa shape index (κ3) is 4.65. The van der Waals surface area contributed by atoms with Crippen LogP contribution in [0.3, 0.4) is 0 Å². The molecule has 3 aromatic rings.